The minimum Gasteiger partial charge on any atom is -0.383 e. The zero-order chi connectivity index (χ0) is 15.5. The van der Waals surface area contributed by atoms with E-state index in [2.05, 4.69) is 24.1 Å². The molecule has 0 saturated carbocycles. The summed E-state index contributed by atoms with van der Waals surface area (Å²) in [4.78, 5) is 13.2. The van der Waals surface area contributed by atoms with E-state index in [4.69, 9.17) is 0 Å². The van der Waals surface area contributed by atoms with Gasteiger partial charge in [0.1, 0.15) is 5.69 Å². The normalized spacial score (nSPS) is 19.0. The van der Waals surface area contributed by atoms with Crippen LogP contribution in [0.4, 0.5) is 11.4 Å². The van der Waals surface area contributed by atoms with E-state index in [9.17, 15) is 10.1 Å². The average Bonchev–Trinajstić information content (AvgIpc) is 2.60. The van der Waals surface area contributed by atoms with Gasteiger partial charge in [0.15, 0.2) is 0 Å². The van der Waals surface area contributed by atoms with Crippen LogP contribution in [0.1, 0.15) is 25.8 Å². The van der Waals surface area contributed by atoms with Crippen molar-refractivity contribution in [3.63, 3.8) is 0 Å². The van der Waals surface area contributed by atoms with Crippen molar-refractivity contribution < 1.29 is 4.92 Å². The fourth-order valence-corrected chi connectivity index (χ4v) is 3.65. The third-order valence-corrected chi connectivity index (χ3v) is 5.24. The smallest absolute Gasteiger partial charge is 0.292 e. The molecule has 1 aliphatic rings. The number of hydrogen-bond donors (Lipinski definition) is 1. The number of hydrogen-bond acceptors (Lipinski definition) is 5. The van der Waals surface area contributed by atoms with E-state index in [1.807, 2.05) is 17.8 Å². The Labute approximate surface area is 130 Å². The van der Waals surface area contributed by atoms with E-state index in [1.165, 1.54) is 0 Å². The molecule has 0 radical (unpaired) electrons. The van der Waals surface area contributed by atoms with Crippen molar-refractivity contribution in [2.45, 2.75) is 31.6 Å². The molecule has 0 atom stereocenters. The maximum Gasteiger partial charge on any atom is 0.292 e. The first-order chi connectivity index (χ1) is 9.91. The molecule has 0 spiro atoms. The number of nitrogens with one attached hydrogen (secondary N) is 1. The zero-order valence-electron chi connectivity index (χ0n) is 12.9. The van der Waals surface area contributed by atoms with Crippen molar-refractivity contribution in [1.29, 1.82) is 0 Å². The molecule has 0 amide bonds. The van der Waals surface area contributed by atoms with Gasteiger partial charge in [-0.2, -0.15) is 11.8 Å². The summed E-state index contributed by atoms with van der Waals surface area (Å²) in [5.74, 6) is 1.11. The van der Waals surface area contributed by atoms with Gasteiger partial charge in [0.05, 0.1) is 4.92 Å². The van der Waals surface area contributed by atoms with Crippen LogP contribution in [0.3, 0.4) is 0 Å². The molecule has 1 aromatic rings. The largest absolute Gasteiger partial charge is 0.383 e. The summed E-state index contributed by atoms with van der Waals surface area (Å²) in [7, 11) is 1.70. The second-order valence-electron chi connectivity index (χ2n) is 5.99. The van der Waals surface area contributed by atoms with Crippen LogP contribution in [0, 0.1) is 10.1 Å². The van der Waals surface area contributed by atoms with E-state index in [-0.39, 0.29) is 10.6 Å². The fourth-order valence-electron chi connectivity index (χ4n) is 2.52. The highest BCUT2D eigenvalue weighted by Gasteiger charge is 2.24. The summed E-state index contributed by atoms with van der Waals surface area (Å²) < 4.78 is 0.330. The van der Waals surface area contributed by atoms with E-state index in [0.717, 1.165) is 37.4 Å². The topological polar surface area (TPSA) is 58.4 Å². The number of nitro groups is 1. The summed E-state index contributed by atoms with van der Waals surface area (Å²) in [6.07, 6.45) is 1.15. The first-order valence-electron chi connectivity index (χ1n) is 7.23. The average molecular weight is 309 g/mol. The Morgan fingerprint density at radius 3 is 2.86 bits per heavy atom. The van der Waals surface area contributed by atoms with Crippen LogP contribution in [0.2, 0.25) is 0 Å². The van der Waals surface area contributed by atoms with Gasteiger partial charge in [-0.15, -0.1) is 0 Å². The molecular formula is C15H23N3O2S. The maximum absolute atomic E-state index is 11.1. The second-order valence-corrected chi connectivity index (χ2v) is 7.80. The SMILES string of the molecule is CNc1ccc(CN2CCSC(C)(C)CC2)cc1[N+](=O)[O-]. The number of nitro benzene ring substituents is 1. The van der Waals surface area contributed by atoms with Crippen molar-refractivity contribution in [2.75, 3.05) is 31.2 Å². The van der Waals surface area contributed by atoms with Crippen LogP contribution >= 0.6 is 11.8 Å². The van der Waals surface area contributed by atoms with Crippen molar-refractivity contribution >= 4 is 23.1 Å². The lowest BCUT2D eigenvalue weighted by Gasteiger charge is -2.22. The van der Waals surface area contributed by atoms with Crippen LogP contribution in [-0.4, -0.2) is 40.5 Å². The molecule has 116 valence electrons. The molecule has 1 fully saturated rings. The highest BCUT2D eigenvalue weighted by molar-refractivity contribution is 8.00. The Kier molecular flexibility index (Phi) is 5.11. The molecule has 1 aliphatic heterocycles. The van der Waals surface area contributed by atoms with Gasteiger partial charge >= 0.3 is 0 Å². The third kappa shape index (κ3) is 4.35. The summed E-state index contributed by atoms with van der Waals surface area (Å²) in [6.45, 7) is 7.43. The molecular weight excluding hydrogens is 286 g/mol. The minimum atomic E-state index is -0.323. The van der Waals surface area contributed by atoms with E-state index < -0.39 is 0 Å². The second kappa shape index (κ2) is 6.66. The van der Waals surface area contributed by atoms with Gasteiger partial charge in [-0.1, -0.05) is 19.9 Å². The molecule has 0 bridgehead atoms. The van der Waals surface area contributed by atoms with E-state index in [1.54, 1.807) is 19.2 Å². The predicted molar refractivity (Wildman–Crippen MR) is 89.1 cm³/mol. The Balaban J connectivity index is 2.09. The van der Waals surface area contributed by atoms with Crippen molar-refractivity contribution in [1.82, 2.24) is 4.90 Å². The standard InChI is InChI=1S/C15H23N3O2S/c1-15(2)6-7-17(8-9-21-15)11-12-4-5-13(16-3)14(10-12)18(19)20/h4-5,10,16H,6-9,11H2,1-3H3. The van der Waals surface area contributed by atoms with Crippen molar-refractivity contribution in [3.05, 3.63) is 33.9 Å². The van der Waals surface area contributed by atoms with Crippen LogP contribution < -0.4 is 5.32 Å². The fraction of sp³-hybridized carbons (Fsp3) is 0.600. The van der Waals surface area contributed by atoms with Crippen LogP contribution in [0.5, 0.6) is 0 Å². The quantitative estimate of drug-likeness (QED) is 0.683. The van der Waals surface area contributed by atoms with Gasteiger partial charge in [0.25, 0.3) is 5.69 Å². The molecule has 0 aromatic heterocycles. The first kappa shape index (κ1) is 16.1. The van der Waals surface area contributed by atoms with Gasteiger partial charge in [0.2, 0.25) is 0 Å². The van der Waals surface area contributed by atoms with Crippen LogP contribution in [0.25, 0.3) is 0 Å². The monoisotopic (exact) mass is 309 g/mol. The molecule has 1 aromatic carbocycles. The zero-order valence-corrected chi connectivity index (χ0v) is 13.7. The Hall–Kier alpha value is -1.27. The lowest BCUT2D eigenvalue weighted by molar-refractivity contribution is -0.384. The van der Waals surface area contributed by atoms with Gasteiger partial charge in [-0.05, 0) is 24.6 Å². The highest BCUT2D eigenvalue weighted by Crippen LogP contribution is 2.31. The lowest BCUT2D eigenvalue weighted by Crippen LogP contribution is -2.26. The Morgan fingerprint density at radius 1 is 1.43 bits per heavy atom. The van der Waals surface area contributed by atoms with Gasteiger partial charge < -0.3 is 5.32 Å². The number of thioether (sulfide) groups is 1. The van der Waals surface area contributed by atoms with E-state index in [0.29, 0.717) is 10.4 Å². The molecule has 2 rings (SSSR count). The number of rotatable bonds is 4. The van der Waals surface area contributed by atoms with E-state index >= 15 is 0 Å². The van der Waals surface area contributed by atoms with Crippen LogP contribution in [-0.2, 0) is 6.54 Å². The predicted octanol–water partition coefficient (Wildman–Crippen LogP) is 3.35. The summed E-state index contributed by atoms with van der Waals surface area (Å²) in [5.41, 5.74) is 1.72. The molecule has 21 heavy (non-hydrogen) atoms. The third-order valence-electron chi connectivity index (χ3n) is 3.86. The summed E-state index contributed by atoms with van der Waals surface area (Å²) in [5, 5.41) is 14.0. The molecule has 5 nitrogen and oxygen atoms in total. The molecule has 1 saturated heterocycles. The van der Waals surface area contributed by atoms with Gasteiger partial charge in [0, 0.05) is 36.7 Å². The minimum absolute atomic E-state index is 0.152. The highest BCUT2D eigenvalue weighted by atomic mass is 32.2. The summed E-state index contributed by atoms with van der Waals surface area (Å²) >= 11 is 2.01. The number of nitrogens with zero attached hydrogens (tertiary/aromatic N) is 2. The number of benzene rings is 1. The van der Waals surface area contributed by atoms with Crippen molar-refractivity contribution in [2.24, 2.45) is 0 Å². The molecule has 6 heteroatoms. The Bertz CT molecular complexity index is 520. The number of anilines is 1. The van der Waals surface area contributed by atoms with Crippen LogP contribution in [0.15, 0.2) is 18.2 Å². The van der Waals surface area contributed by atoms with Gasteiger partial charge in [-0.25, -0.2) is 0 Å². The summed E-state index contributed by atoms with van der Waals surface area (Å²) in [6, 6.07) is 5.46. The molecule has 1 N–H and O–H groups in total. The molecule has 0 aliphatic carbocycles. The first-order valence-corrected chi connectivity index (χ1v) is 8.21. The Morgan fingerprint density at radius 2 is 2.19 bits per heavy atom. The van der Waals surface area contributed by atoms with Gasteiger partial charge in [-0.3, -0.25) is 15.0 Å². The maximum atomic E-state index is 11.1. The lowest BCUT2D eigenvalue weighted by atomic mass is 10.1. The molecule has 0 unspecified atom stereocenters. The molecule has 1 heterocycles. The van der Waals surface area contributed by atoms with Crippen molar-refractivity contribution in [3.8, 4) is 0 Å².